The van der Waals surface area contributed by atoms with Crippen molar-refractivity contribution in [3.63, 3.8) is 0 Å². The molecule has 0 aliphatic carbocycles. The highest BCUT2D eigenvalue weighted by Crippen LogP contribution is 2.26. The van der Waals surface area contributed by atoms with Gasteiger partial charge in [0.1, 0.15) is 12.2 Å². The lowest BCUT2D eigenvalue weighted by atomic mass is 10.1. The number of ether oxygens (including phenoxy) is 1. The molecule has 8 heteroatoms. The predicted octanol–water partition coefficient (Wildman–Crippen LogP) is -2.58. The van der Waals surface area contributed by atoms with Gasteiger partial charge >= 0.3 is 5.69 Å². The Balaban J connectivity index is 2.42. The Morgan fingerprint density at radius 2 is 2.22 bits per heavy atom. The summed E-state index contributed by atoms with van der Waals surface area (Å²) in [7, 11) is 0. The lowest BCUT2D eigenvalue weighted by molar-refractivity contribution is -0.0465. The molecular weight excluding hydrogens is 242 g/mol. The van der Waals surface area contributed by atoms with E-state index in [9.17, 15) is 14.7 Å². The topological polar surface area (TPSA) is 131 Å². The number of aromatic nitrogens is 2. The Morgan fingerprint density at radius 1 is 1.56 bits per heavy atom. The van der Waals surface area contributed by atoms with E-state index in [-0.39, 0.29) is 0 Å². The number of nitrogens with zero attached hydrogens (tertiary/aromatic N) is 1. The van der Waals surface area contributed by atoms with Crippen LogP contribution in [-0.2, 0) is 4.74 Å². The van der Waals surface area contributed by atoms with Gasteiger partial charge in [-0.2, -0.15) is 0 Å². The van der Waals surface area contributed by atoms with Crippen LogP contribution in [0.1, 0.15) is 11.8 Å². The molecule has 18 heavy (non-hydrogen) atoms. The Bertz CT molecular complexity index is 551. The normalized spacial score (nSPS) is 31.8. The number of nitrogens with two attached hydrogens (primary N) is 1. The van der Waals surface area contributed by atoms with Gasteiger partial charge in [0.25, 0.3) is 5.56 Å². The fraction of sp³-hybridized carbons (Fsp3) is 0.600. The van der Waals surface area contributed by atoms with Gasteiger partial charge in [-0.1, -0.05) is 0 Å². The number of aromatic amines is 1. The number of nitrogens with one attached hydrogen (secondary N) is 1. The van der Waals surface area contributed by atoms with Crippen LogP contribution in [0, 0.1) is 6.92 Å². The van der Waals surface area contributed by atoms with Gasteiger partial charge in [-0.25, -0.2) is 4.79 Å². The molecule has 0 radical (unpaired) electrons. The zero-order valence-corrected chi connectivity index (χ0v) is 9.74. The van der Waals surface area contributed by atoms with Crippen molar-refractivity contribution >= 4 is 0 Å². The molecular formula is C10H15N3O5. The first-order chi connectivity index (χ1) is 8.45. The molecule has 2 heterocycles. The first kappa shape index (κ1) is 13.0. The zero-order valence-electron chi connectivity index (χ0n) is 9.74. The summed E-state index contributed by atoms with van der Waals surface area (Å²) in [4.78, 5) is 25.0. The summed E-state index contributed by atoms with van der Waals surface area (Å²) in [5.74, 6) is 0. The van der Waals surface area contributed by atoms with Crippen LogP contribution in [0.3, 0.4) is 0 Å². The number of aryl methyl sites for hydroxylation is 1. The number of hydrogen-bond acceptors (Lipinski definition) is 6. The van der Waals surface area contributed by atoms with Crippen molar-refractivity contribution in [3.8, 4) is 0 Å². The summed E-state index contributed by atoms with van der Waals surface area (Å²) >= 11 is 0. The van der Waals surface area contributed by atoms with Crippen LogP contribution in [0.2, 0.25) is 0 Å². The van der Waals surface area contributed by atoms with Crippen molar-refractivity contribution < 1.29 is 14.9 Å². The van der Waals surface area contributed by atoms with Crippen LogP contribution in [0.5, 0.6) is 0 Å². The fourth-order valence-corrected chi connectivity index (χ4v) is 1.94. The predicted molar refractivity (Wildman–Crippen MR) is 61.0 cm³/mol. The number of rotatable bonds is 2. The highest BCUT2D eigenvalue weighted by molar-refractivity contribution is 5.03. The molecule has 1 aromatic heterocycles. The van der Waals surface area contributed by atoms with Gasteiger partial charge in [0.15, 0.2) is 6.23 Å². The van der Waals surface area contributed by atoms with Crippen molar-refractivity contribution in [2.45, 2.75) is 31.4 Å². The Morgan fingerprint density at radius 3 is 2.78 bits per heavy atom. The van der Waals surface area contributed by atoms with Crippen molar-refractivity contribution in [2.75, 3.05) is 6.61 Å². The molecule has 0 aromatic carbocycles. The third-order valence-corrected chi connectivity index (χ3v) is 3.02. The second-order valence-corrected chi connectivity index (χ2v) is 4.29. The van der Waals surface area contributed by atoms with E-state index >= 15 is 0 Å². The summed E-state index contributed by atoms with van der Waals surface area (Å²) < 4.78 is 6.42. The number of H-pyrrole nitrogens is 1. The smallest absolute Gasteiger partial charge is 0.330 e. The second-order valence-electron chi connectivity index (χ2n) is 4.29. The maximum Gasteiger partial charge on any atom is 0.330 e. The monoisotopic (exact) mass is 257 g/mol. The average molecular weight is 257 g/mol. The molecule has 1 unspecified atom stereocenters. The van der Waals surface area contributed by atoms with Crippen molar-refractivity contribution in [1.82, 2.24) is 9.55 Å². The van der Waals surface area contributed by atoms with E-state index in [1.165, 1.54) is 13.1 Å². The standard InChI is InChI=1S/C10H15N3O5/c1-4-2-13(10(17)12-8(4)16)9-6(11)7(15)5(3-14)18-9/h2,5-7,9,14-15H,3,11H2,1H3,(H,12,16,17)/t5-,6?,7-,9-/m1/s1. The van der Waals surface area contributed by atoms with Crippen LogP contribution in [0.4, 0.5) is 0 Å². The lowest BCUT2D eigenvalue weighted by Gasteiger charge is -2.18. The van der Waals surface area contributed by atoms with Crippen molar-refractivity contribution in [1.29, 1.82) is 0 Å². The van der Waals surface area contributed by atoms with Gasteiger partial charge in [-0.05, 0) is 6.92 Å². The van der Waals surface area contributed by atoms with Crippen molar-refractivity contribution in [2.24, 2.45) is 5.73 Å². The van der Waals surface area contributed by atoms with Gasteiger partial charge in [0.05, 0.1) is 12.6 Å². The quantitative estimate of drug-likeness (QED) is 0.460. The molecule has 1 aliphatic heterocycles. The Kier molecular flexibility index (Phi) is 3.35. The second kappa shape index (κ2) is 4.65. The van der Waals surface area contributed by atoms with E-state index in [1.54, 1.807) is 0 Å². The minimum Gasteiger partial charge on any atom is -0.394 e. The molecule has 1 aromatic rings. The summed E-state index contributed by atoms with van der Waals surface area (Å²) in [6, 6.07) is -0.856. The maximum atomic E-state index is 11.7. The molecule has 0 spiro atoms. The average Bonchev–Trinajstić information content (AvgIpc) is 2.61. The molecule has 1 saturated heterocycles. The molecule has 0 amide bonds. The van der Waals surface area contributed by atoms with Gasteiger partial charge in [-0.3, -0.25) is 14.3 Å². The molecule has 0 saturated carbocycles. The highest BCUT2D eigenvalue weighted by atomic mass is 16.5. The SMILES string of the molecule is Cc1cn([C@@H]2O[C@H](CO)[C@@H](O)C2N)c(=O)[nH]c1=O. The highest BCUT2D eigenvalue weighted by Gasteiger charge is 2.42. The minimum atomic E-state index is -1.07. The Labute approximate surface area is 102 Å². The molecule has 5 N–H and O–H groups in total. The number of hydrogen-bond donors (Lipinski definition) is 4. The molecule has 8 nitrogen and oxygen atoms in total. The first-order valence-electron chi connectivity index (χ1n) is 5.47. The van der Waals surface area contributed by atoms with E-state index in [0.717, 1.165) is 4.57 Å². The van der Waals surface area contributed by atoms with E-state index in [2.05, 4.69) is 4.98 Å². The van der Waals surface area contributed by atoms with E-state index in [4.69, 9.17) is 15.6 Å². The van der Waals surface area contributed by atoms with Gasteiger partial charge < -0.3 is 20.7 Å². The molecule has 0 bridgehead atoms. The molecule has 100 valence electrons. The summed E-state index contributed by atoms with van der Waals surface area (Å²) in [5, 5.41) is 18.7. The largest absolute Gasteiger partial charge is 0.394 e. The minimum absolute atomic E-state index is 0.326. The number of aliphatic hydroxyl groups is 2. The van der Waals surface area contributed by atoms with Crippen molar-refractivity contribution in [3.05, 3.63) is 32.6 Å². The number of aliphatic hydroxyl groups excluding tert-OH is 2. The van der Waals surface area contributed by atoms with Crippen LogP contribution < -0.4 is 17.0 Å². The summed E-state index contributed by atoms with van der Waals surface area (Å²) in [6.45, 7) is 1.14. The zero-order chi connectivity index (χ0) is 13.4. The van der Waals surface area contributed by atoms with E-state index in [1.807, 2.05) is 0 Å². The maximum absolute atomic E-state index is 11.7. The van der Waals surface area contributed by atoms with Crippen LogP contribution in [0.25, 0.3) is 0 Å². The van der Waals surface area contributed by atoms with E-state index < -0.39 is 42.3 Å². The third-order valence-electron chi connectivity index (χ3n) is 3.02. The van der Waals surface area contributed by atoms with Crippen LogP contribution in [-0.4, -0.2) is 44.6 Å². The summed E-state index contributed by atoms with van der Waals surface area (Å²) in [5.41, 5.74) is 4.91. The molecule has 2 rings (SSSR count). The van der Waals surface area contributed by atoms with Gasteiger partial charge in [-0.15, -0.1) is 0 Å². The fourth-order valence-electron chi connectivity index (χ4n) is 1.94. The first-order valence-corrected chi connectivity index (χ1v) is 5.47. The molecule has 4 atom stereocenters. The molecule has 1 aliphatic rings. The summed E-state index contributed by atoms with van der Waals surface area (Å²) in [6.07, 6.45) is -1.51. The molecule has 1 fully saturated rings. The Hall–Kier alpha value is -1.48. The van der Waals surface area contributed by atoms with Gasteiger partial charge in [0.2, 0.25) is 0 Å². The van der Waals surface area contributed by atoms with Gasteiger partial charge in [0, 0.05) is 11.8 Å². The van der Waals surface area contributed by atoms with Crippen LogP contribution >= 0.6 is 0 Å². The van der Waals surface area contributed by atoms with E-state index in [0.29, 0.717) is 5.56 Å². The van der Waals surface area contributed by atoms with Crippen LogP contribution in [0.15, 0.2) is 15.8 Å². The third kappa shape index (κ3) is 1.99. The lowest BCUT2D eigenvalue weighted by Crippen LogP contribution is -2.43.